The fourth-order valence-corrected chi connectivity index (χ4v) is 2.18. The van der Waals surface area contributed by atoms with Crippen LogP contribution in [0, 0.1) is 0 Å². The third-order valence-electron chi connectivity index (χ3n) is 2.98. The number of anilines is 1. The number of rotatable bonds is 1. The van der Waals surface area contributed by atoms with E-state index in [-0.39, 0.29) is 6.10 Å². The maximum absolute atomic E-state index is 9.55. The number of aromatic nitrogens is 2. The maximum atomic E-state index is 9.55. The summed E-state index contributed by atoms with van der Waals surface area (Å²) in [5.41, 5.74) is 0.953. The molecule has 1 aliphatic heterocycles. The summed E-state index contributed by atoms with van der Waals surface area (Å²) in [6, 6.07) is 7.96. The van der Waals surface area contributed by atoms with Crippen molar-refractivity contribution in [3.8, 4) is 0 Å². The van der Waals surface area contributed by atoms with Gasteiger partial charge < -0.3 is 10.0 Å². The van der Waals surface area contributed by atoms with E-state index in [1.165, 1.54) is 0 Å². The molecular weight excluding hydrogens is 202 g/mol. The standard InChI is InChI=1S/C12H13N3O/c16-9-5-6-15(7-9)12-10-3-1-2-4-11(10)13-8-14-12/h1-4,8-9,16H,5-7H2/t9-/m0/s1. The third kappa shape index (κ3) is 1.51. The summed E-state index contributed by atoms with van der Waals surface area (Å²) in [6.45, 7) is 1.53. The Labute approximate surface area is 93.6 Å². The molecule has 4 nitrogen and oxygen atoms in total. The molecule has 1 atom stereocenters. The summed E-state index contributed by atoms with van der Waals surface area (Å²) < 4.78 is 0. The Morgan fingerprint density at radius 1 is 1.25 bits per heavy atom. The van der Waals surface area contributed by atoms with E-state index in [1.54, 1.807) is 6.33 Å². The molecule has 0 amide bonds. The van der Waals surface area contributed by atoms with Crippen molar-refractivity contribution >= 4 is 16.7 Å². The monoisotopic (exact) mass is 215 g/mol. The molecule has 3 rings (SSSR count). The predicted octanol–water partition coefficient (Wildman–Crippen LogP) is 1.20. The Balaban J connectivity index is 2.09. The van der Waals surface area contributed by atoms with Gasteiger partial charge in [0, 0.05) is 18.5 Å². The van der Waals surface area contributed by atoms with Gasteiger partial charge in [0.1, 0.15) is 12.1 Å². The van der Waals surface area contributed by atoms with Crippen LogP contribution in [0.15, 0.2) is 30.6 Å². The van der Waals surface area contributed by atoms with Gasteiger partial charge in [0.05, 0.1) is 11.6 Å². The Hall–Kier alpha value is -1.68. The van der Waals surface area contributed by atoms with Gasteiger partial charge in [0.2, 0.25) is 0 Å². The molecule has 2 aromatic rings. The minimum absolute atomic E-state index is 0.228. The lowest BCUT2D eigenvalue weighted by atomic mass is 10.2. The summed E-state index contributed by atoms with van der Waals surface area (Å²) in [7, 11) is 0. The molecule has 16 heavy (non-hydrogen) atoms. The topological polar surface area (TPSA) is 49.2 Å². The molecule has 0 bridgehead atoms. The highest BCUT2D eigenvalue weighted by molar-refractivity contribution is 5.89. The number of fused-ring (bicyclic) bond motifs is 1. The zero-order valence-electron chi connectivity index (χ0n) is 8.87. The van der Waals surface area contributed by atoms with Gasteiger partial charge in [-0.3, -0.25) is 0 Å². The number of hydrogen-bond donors (Lipinski definition) is 1. The Morgan fingerprint density at radius 3 is 2.94 bits per heavy atom. The number of aliphatic hydroxyl groups is 1. The molecule has 82 valence electrons. The van der Waals surface area contributed by atoms with Gasteiger partial charge >= 0.3 is 0 Å². The minimum atomic E-state index is -0.228. The largest absolute Gasteiger partial charge is 0.391 e. The zero-order valence-corrected chi connectivity index (χ0v) is 8.87. The molecule has 0 aliphatic carbocycles. The highest BCUT2D eigenvalue weighted by atomic mass is 16.3. The van der Waals surface area contributed by atoms with Crippen molar-refractivity contribution in [2.24, 2.45) is 0 Å². The van der Waals surface area contributed by atoms with Crippen LogP contribution in [0.5, 0.6) is 0 Å². The van der Waals surface area contributed by atoms with Crippen LogP contribution in [0.25, 0.3) is 10.9 Å². The van der Waals surface area contributed by atoms with Gasteiger partial charge in [-0.2, -0.15) is 0 Å². The number of benzene rings is 1. The molecule has 0 unspecified atom stereocenters. The van der Waals surface area contributed by atoms with Crippen molar-refractivity contribution in [3.63, 3.8) is 0 Å². The Morgan fingerprint density at radius 2 is 2.12 bits per heavy atom. The van der Waals surface area contributed by atoms with Crippen molar-refractivity contribution in [2.75, 3.05) is 18.0 Å². The van der Waals surface area contributed by atoms with Gasteiger partial charge in [0.25, 0.3) is 0 Å². The molecule has 4 heteroatoms. The summed E-state index contributed by atoms with van der Waals surface area (Å²) in [5.74, 6) is 0.933. The molecule has 1 aromatic carbocycles. The van der Waals surface area contributed by atoms with Crippen LogP contribution in [-0.4, -0.2) is 34.3 Å². The third-order valence-corrected chi connectivity index (χ3v) is 2.98. The van der Waals surface area contributed by atoms with Gasteiger partial charge in [-0.25, -0.2) is 9.97 Å². The van der Waals surface area contributed by atoms with Crippen LogP contribution >= 0.6 is 0 Å². The number of β-amino-alcohol motifs (C(OH)–C–C–N with tert-alkyl or cyclic N) is 1. The first-order valence-electron chi connectivity index (χ1n) is 5.47. The summed E-state index contributed by atoms with van der Waals surface area (Å²) >= 11 is 0. The first kappa shape index (κ1) is 9.54. The lowest BCUT2D eigenvalue weighted by molar-refractivity contribution is 0.198. The highest BCUT2D eigenvalue weighted by Gasteiger charge is 2.22. The Bertz CT molecular complexity index is 509. The van der Waals surface area contributed by atoms with E-state index in [9.17, 15) is 5.11 Å². The Kier molecular flexibility index (Phi) is 2.22. The van der Waals surface area contributed by atoms with Crippen LogP contribution < -0.4 is 4.90 Å². The molecule has 1 aromatic heterocycles. The molecule has 0 saturated carbocycles. The summed E-state index contributed by atoms with van der Waals surface area (Å²) in [4.78, 5) is 10.7. The SMILES string of the molecule is O[C@H]1CCN(c2ncnc3ccccc23)C1. The summed E-state index contributed by atoms with van der Waals surface area (Å²) in [6.07, 6.45) is 2.18. The van der Waals surface area contributed by atoms with Gasteiger partial charge in [-0.1, -0.05) is 12.1 Å². The fraction of sp³-hybridized carbons (Fsp3) is 0.333. The number of para-hydroxylation sites is 1. The first-order valence-corrected chi connectivity index (χ1v) is 5.47. The van der Waals surface area contributed by atoms with E-state index < -0.39 is 0 Å². The van der Waals surface area contributed by atoms with Crippen LogP contribution in [0.2, 0.25) is 0 Å². The van der Waals surface area contributed by atoms with Crippen LogP contribution in [0.4, 0.5) is 5.82 Å². The van der Waals surface area contributed by atoms with E-state index in [0.29, 0.717) is 6.54 Å². The zero-order chi connectivity index (χ0) is 11.0. The van der Waals surface area contributed by atoms with Crippen LogP contribution in [0.1, 0.15) is 6.42 Å². The van der Waals surface area contributed by atoms with Crippen molar-refractivity contribution in [1.82, 2.24) is 9.97 Å². The number of aliphatic hydroxyl groups excluding tert-OH is 1. The second kappa shape index (κ2) is 3.72. The van der Waals surface area contributed by atoms with Crippen molar-refractivity contribution in [2.45, 2.75) is 12.5 Å². The smallest absolute Gasteiger partial charge is 0.139 e. The average Bonchev–Trinajstić information content (AvgIpc) is 2.75. The van der Waals surface area contributed by atoms with E-state index >= 15 is 0 Å². The van der Waals surface area contributed by atoms with Gasteiger partial charge in [-0.15, -0.1) is 0 Å². The molecular formula is C12H13N3O. The number of hydrogen-bond acceptors (Lipinski definition) is 4. The molecule has 1 N–H and O–H groups in total. The van der Waals surface area contributed by atoms with Crippen LogP contribution in [-0.2, 0) is 0 Å². The van der Waals surface area contributed by atoms with E-state index in [1.807, 2.05) is 24.3 Å². The predicted molar refractivity (Wildman–Crippen MR) is 62.4 cm³/mol. The highest BCUT2D eigenvalue weighted by Crippen LogP contribution is 2.25. The van der Waals surface area contributed by atoms with Crippen LogP contribution in [0.3, 0.4) is 0 Å². The van der Waals surface area contributed by atoms with E-state index in [2.05, 4.69) is 14.9 Å². The van der Waals surface area contributed by atoms with Crippen molar-refractivity contribution in [3.05, 3.63) is 30.6 Å². The normalized spacial score (nSPS) is 20.6. The molecule has 1 fully saturated rings. The second-order valence-corrected chi connectivity index (χ2v) is 4.10. The quantitative estimate of drug-likeness (QED) is 0.776. The number of nitrogens with zero attached hydrogens (tertiary/aromatic N) is 3. The molecule has 2 heterocycles. The lowest BCUT2D eigenvalue weighted by Crippen LogP contribution is -2.22. The molecule has 0 radical (unpaired) electrons. The minimum Gasteiger partial charge on any atom is -0.391 e. The van der Waals surface area contributed by atoms with Crippen molar-refractivity contribution < 1.29 is 5.11 Å². The van der Waals surface area contributed by atoms with Gasteiger partial charge in [-0.05, 0) is 18.6 Å². The van der Waals surface area contributed by atoms with Crippen molar-refractivity contribution in [1.29, 1.82) is 0 Å². The van der Waals surface area contributed by atoms with E-state index in [4.69, 9.17) is 0 Å². The van der Waals surface area contributed by atoms with E-state index in [0.717, 1.165) is 29.7 Å². The molecule has 0 spiro atoms. The molecule has 1 aliphatic rings. The maximum Gasteiger partial charge on any atom is 0.139 e. The fourth-order valence-electron chi connectivity index (χ4n) is 2.18. The molecule has 1 saturated heterocycles. The first-order chi connectivity index (χ1) is 7.84. The summed E-state index contributed by atoms with van der Waals surface area (Å²) in [5, 5.41) is 10.6. The second-order valence-electron chi connectivity index (χ2n) is 4.10. The average molecular weight is 215 g/mol. The lowest BCUT2D eigenvalue weighted by Gasteiger charge is -2.17. The van der Waals surface area contributed by atoms with Gasteiger partial charge in [0.15, 0.2) is 0 Å².